The summed E-state index contributed by atoms with van der Waals surface area (Å²) < 4.78 is 16.3. The summed E-state index contributed by atoms with van der Waals surface area (Å²) in [6.45, 7) is 14.3. The molecular weight excluding hydrogens is 398 g/mol. The molecule has 0 aliphatic heterocycles. The van der Waals surface area contributed by atoms with Crippen LogP contribution in [0.5, 0.6) is 0 Å². The smallest absolute Gasteiger partial charge is 0.408 e. The van der Waals surface area contributed by atoms with E-state index in [0.29, 0.717) is 31.8 Å². The Bertz CT molecular complexity index is 501. The van der Waals surface area contributed by atoms with Crippen LogP contribution in [0.1, 0.15) is 93.4 Å². The Kier molecular flexibility index (Phi) is 14.8. The highest BCUT2D eigenvalue weighted by Gasteiger charge is 2.29. The van der Waals surface area contributed by atoms with Gasteiger partial charge in [0.2, 0.25) is 0 Å². The van der Waals surface area contributed by atoms with E-state index < -0.39 is 29.8 Å². The standard InChI is InChI=1S/C24H47NO6/c1-9-10-16-30-21(19(18(4)26)15-14-17(2)3)13-11-12-20(22(27)29-8)25-23(28)31-24(5,6)7/h17-21,26H,9-16H2,1-8H3,(H,25,28)/t18-,19-,20-,21-/m0/s1. The lowest BCUT2D eigenvalue weighted by Gasteiger charge is -2.31. The van der Waals surface area contributed by atoms with Gasteiger partial charge >= 0.3 is 12.1 Å². The molecule has 31 heavy (non-hydrogen) atoms. The number of esters is 1. The Morgan fingerprint density at radius 1 is 1.00 bits per heavy atom. The van der Waals surface area contributed by atoms with E-state index in [2.05, 4.69) is 26.1 Å². The molecule has 0 rings (SSSR count). The number of methoxy groups -OCH3 is 1. The highest BCUT2D eigenvalue weighted by Crippen LogP contribution is 2.26. The second-order valence-corrected chi connectivity index (χ2v) is 9.79. The molecule has 1 amide bonds. The number of aliphatic hydroxyl groups excluding tert-OH is 1. The molecule has 0 aliphatic carbocycles. The summed E-state index contributed by atoms with van der Waals surface area (Å²) in [6, 6.07) is -0.781. The van der Waals surface area contributed by atoms with Crippen molar-refractivity contribution < 1.29 is 28.9 Å². The lowest BCUT2D eigenvalue weighted by molar-refractivity contribution is -0.143. The average Bonchev–Trinajstić information content (AvgIpc) is 2.64. The molecule has 0 radical (unpaired) electrons. The van der Waals surface area contributed by atoms with Gasteiger partial charge in [0.1, 0.15) is 11.6 Å². The summed E-state index contributed by atoms with van der Waals surface area (Å²) in [5.41, 5.74) is -0.649. The van der Waals surface area contributed by atoms with Crippen molar-refractivity contribution in [3.8, 4) is 0 Å². The van der Waals surface area contributed by atoms with Crippen molar-refractivity contribution in [3.05, 3.63) is 0 Å². The maximum absolute atomic E-state index is 12.2. The van der Waals surface area contributed by atoms with Gasteiger partial charge in [-0.05, 0) is 65.7 Å². The Balaban J connectivity index is 5.06. The van der Waals surface area contributed by atoms with Gasteiger partial charge in [0.25, 0.3) is 0 Å². The van der Waals surface area contributed by atoms with Gasteiger partial charge in [-0.15, -0.1) is 0 Å². The van der Waals surface area contributed by atoms with Crippen LogP contribution in [0.3, 0.4) is 0 Å². The van der Waals surface area contributed by atoms with Gasteiger partial charge in [0, 0.05) is 12.5 Å². The molecule has 4 atom stereocenters. The van der Waals surface area contributed by atoms with Crippen LogP contribution in [0, 0.1) is 11.8 Å². The van der Waals surface area contributed by atoms with Crippen molar-refractivity contribution in [2.24, 2.45) is 11.8 Å². The minimum atomic E-state index is -0.781. The molecule has 0 heterocycles. The zero-order chi connectivity index (χ0) is 24.0. The first kappa shape index (κ1) is 29.7. The van der Waals surface area contributed by atoms with Crippen LogP contribution in [0.2, 0.25) is 0 Å². The Morgan fingerprint density at radius 2 is 1.65 bits per heavy atom. The van der Waals surface area contributed by atoms with Crippen LogP contribution in [0.4, 0.5) is 4.79 Å². The summed E-state index contributed by atoms with van der Waals surface area (Å²) >= 11 is 0. The van der Waals surface area contributed by atoms with E-state index in [1.54, 1.807) is 20.8 Å². The minimum absolute atomic E-state index is 0.0367. The molecule has 0 aliphatic rings. The van der Waals surface area contributed by atoms with E-state index in [0.717, 1.165) is 25.7 Å². The van der Waals surface area contributed by atoms with E-state index >= 15 is 0 Å². The first-order valence-corrected chi connectivity index (χ1v) is 11.8. The van der Waals surface area contributed by atoms with Crippen LogP contribution in [0.15, 0.2) is 0 Å². The number of hydrogen-bond donors (Lipinski definition) is 2. The van der Waals surface area contributed by atoms with Crippen LogP contribution < -0.4 is 5.32 Å². The fraction of sp³-hybridized carbons (Fsp3) is 0.917. The van der Waals surface area contributed by atoms with Crippen LogP contribution >= 0.6 is 0 Å². The molecule has 0 spiro atoms. The maximum Gasteiger partial charge on any atom is 0.408 e. The number of rotatable bonds is 15. The quantitative estimate of drug-likeness (QED) is 0.277. The molecule has 0 aromatic rings. The SMILES string of the molecule is CCCCO[C@@H](CCC[C@H](NC(=O)OC(C)(C)C)C(=O)OC)[C@@H](CCC(C)C)[C@H](C)O. The summed E-state index contributed by atoms with van der Waals surface area (Å²) in [5.74, 6) is 0.0927. The van der Waals surface area contributed by atoms with Crippen molar-refractivity contribution in [3.63, 3.8) is 0 Å². The average molecular weight is 446 g/mol. The predicted octanol–water partition coefficient (Wildman–Crippen LogP) is 4.84. The number of nitrogens with one attached hydrogen (secondary N) is 1. The number of hydrogen-bond acceptors (Lipinski definition) is 6. The van der Waals surface area contributed by atoms with Gasteiger partial charge in [-0.3, -0.25) is 0 Å². The molecular formula is C24H47NO6. The van der Waals surface area contributed by atoms with Crippen LogP contribution in [-0.2, 0) is 19.0 Å². The number of carbonyl (C=O) groups is 2. The van der Waals surface area contributed by atoms with Crippen LogP contribution in [-0.4, -0.2) is 54.7 Å². The van der Waals surface area contributed by atoms with Crippen molar-refractivity contribution in [2.75, 3.05) is 13.7 Å². The zero-order valence-electron chi connectivity index (χ0n) is 21.0. The van der Waals surface area contributed by atoms with Crippen molar-refractivity contribution in [1.29, 1.82) is 0 Å². The summed E-state index contributed by atoms with van der Waals surface area (Å²) in [5, 5.41) is 13.0. The van der Waals surface area contributed by atoms with Gasteiger partial charge in [-0.25, -0.2) is 9.59 Å². The molecule has 0 unspecified atom stereocenters. The normalized spacial score (nSPS) is 15.8. The number of amides is 1. The van der Waals surface area contributed by atoms with Gasteiger partial charge in [0.15, 0.2) is 0 Å². The van der Waals surface area contributed by atoms with E-state index in [4.69, 9.17) is 14.2 Å². The van der Waals surface area contributed by atoms with E-state index in [1.807, 2.05) is 6.92 Å². The first-order valence-electron chi connectivity index (χ1n) is 11.8. The van der Waals surface area contributed by atoms with Crippen LogP contribution in [0.25, 0.3) is 0 Å². The lowest BCUT2D eigenvalue weighted by atomic mass is 9.86. The Hall–Kier alpha value is -1.34. The fourth-order valence-corrected chi connectivity index (χ4v) is 3.43. The number of unbranched alkanes of at least 4 members (excludes halogenated alkanes) is 1. The third-order valence-electron chi connectivity index (χ3n) is 5.16. The highest BCUT2D eigenvalue weighted by molar-refractivity contribution is 5.81. The maximum atomic E-state index is 12.2. The first-order chi connectivity index (χ1) is 14.4. The fourth-order valence-electron chi connectivity index (χ4n) is 3.43. The number of ether oxygens (including phenoxy) is 3. The molecule has 184 valence electrons. The summed E-state index contributed by atoms with van der Waals surface area (Å²) in [7, 11) is 1.30. The zero-order valence-corrected chi connectivity index (χ0v) is 21.0. The van der Waals surface area contributed by atoms with E-state index in [-0.39, 0.29) is 12.0 Å². The molecule has 0 bridgehead atoms. The molecule has 2 N–H and O–H groups in total. The third kappa shape index (κ3) is 14.4. The van der Waals surface area contributed by atoms with Crippen molar-refractivity contribution in [1.82, 2.24) is 5.32 Å². The molecule has 0 aromatic heterocycles. The highest BCUT2D eigenvalue weighted by atomic mass is 16.6. The van der Waals surface area contributed by atoms with Gasteiger partial charge < -0.3 is 24.6 Å². The Labute approximate surface area is 189 Å². The topological polar surface area (TPSA) is 94.1 Å². The second-order valence-electron chi connectivity index (χ2n) is 9.79. The number of alkyl carbamates (subject to hydrolysis) is 1. The second kappa shape index (κ2) is 15.5. The summed E-state index contributed by atoms with van der Waals surface area (Å²) in [4.78, 5) is 24.3. The van der Waals surface area contributed by atoms with Gasteiger partial charge in [0.05, 0.1) is 19.3 Å². The van der Waals surface area contributed by atoms with Crippen molar-refractivity contribution >= 4 is 12.1 Å². The molecule has 0 fully saturated rings. The van der Waals surface area contributed by atoms with E-state index in [9.17, 15) is 14.7 Å². The summed E-state index contributed by atoms with van der Waals surface area (Å²) in [6.07, 6.45) is 4.48. The van der Waals surface area contributed by atoms with Gasteiger partial charge in [-0.1, -0.05) is 33.6 Å². The Morgan fingerprint density at radius 3 is 2.13 bits per heavy atom. The minimum Gasteiger partial charge on any atom is -0.467 e. The monoisotopic (exact) mass is 445 g/mol. The lowest BCUT2D eigenvalue weighted by Crippen LogP contribution is -2.44. The molecule has 0 saturated heterocycles. The van der Waals surface area contributed by atoms with Crippen molar-refractivity contribution in [2.45, 2.75) is 117 Å². The third-order valence-corrected chi connectivity index (χ3v) is 5.16. The largest absolute Gasteiger partial charge is 0.467 e. The number of carbonyl (C=O) groups excluding carboxylic acids is 2. The molecule has 0 saturated carbocycles. The van der Waals surface area contributed by atoms with Gasteiger partial charge in [-0.2, -0.15) is 0 Å². The molecule has 7 nitrogen and oxygen atoms in total. The number of aliphatic hydroxyl groups is 1. The molecule has 7 heteroatoms. The molecule has 0 aromatic carbocycles. The predicted molar refractivity (Wildman–Crippen MR) is 123 cm³/mol. The van der Waals surface area contributed by atoms with E-state index in [1.165, 1.54) is 7.11 Å².